The first-order chi connectivity index (χ1) is 9.43. The summed E-state index contributed by atoms with van der Waals surface area (Å²) in [4.78, 5) is 14.1. The molecule has 1 aliphatic rings. The molecule has 1 aromatic rings. The van der Waals surface area contributed by atoms with Crippen LogP contribution in [-0.2, 0) is 4.79 Å². The van der Waals surface area contributed by atoms with E-state index in [0.717, 1.165) is 6.42 Å². The van der Waals surface area contributed by atoms with Gasteiger partial charge in [0.2, 0.25) is 0 Å². The van der Waals surface area contributed by atoms with E-state index in [4.69, 9.17) is 10.5 Å². The molecule has 20 heavy (non-hydrogen) atoms. The predicted molar refractivity (Wildman–Crippen MR) is 76.3 cm³/mol. The van der Waals surface area contributed by atoms with Crippen molar-refractivity contribution >= 4 is 11.6 Å². The molecule has 0 fully saturated rings. The first kappa shape index (κ1) is 14.8. The minimum absolute atomic E-state index is 0.0426. The Morgan fingerprint density at radius 1 is 1.45 bits per heavy atom. The first-order valence-corrected chi connectivity index (χ1v) is 6.97. The maximum Gasteiger partial charge on any atom is 0.268 e. The summed E-state index contributed by atoms with van der Waals surface area (Å²) in [7, 11) is 0. The van der Waals surface area contributed by atoms with Crippen molar-refractivity contribution in [2.75, 3.05) is 11.4 Å². The van der Waals surface area contributed by atoms with Gasteiger partial charge in [0.1, 0.15) is 11.6 Å². The number of fused-ring (bicyclic) bond motifs is 1. The van der Waals surface area contributed by atoms with Crippen LogP contribution in [-0.4, -0.2) is 24.6 Å². The number of hydrogen-bond donors (Lipinski definition) is 1. The second-order valence-corrected chi connectivity index (χ2v) is 5.51. The molecule has 1 amide bonds. The zero-order valence-corrected chi connectivity index (χ0v) is 12.1. The van der Waals surface area contributed by atoms with Crippen molar-refractivity contribution in [3.05, 3.63) is 24.0 Å². The van der Waals surface area contributed by atoms with Gasteiger partial charge in [0.25, 0.3) is 5.91 Å². The third-order valence-electron chi connectivity index (χ3n) is 3.52. The summed E-state index contributed by atoms with van der Waals surface area (Å²) in [5, 5.41) is 0. The third kappa shape index (κ3) is 2.77. The van der Waals surface area contributed by atoms with Crippen molar-refractivity contribution in [2.24, 2.45) is 11.7 Å². The fraction of sp³-hybridized carbons (Fsp3) is 0.533. The minimum Gasteiger partial charge on any atom is -0.478 e. The quantitative estimate of drug-likeness (QED) is 0.920. The van der Waals surface area contributed by atoms with Gasteiger partial charge in [0.15, 0.2) is 6.10 Å². The molecular weight excluding hydrogens is 259 g/mol. The second-order valence-electron chi connectivity index (χ2n) is 5.51. The average Bonchev–Trinajstić information content (AvgIpc) is 2.41. The molecule has 0 bridgehead atoms. The summed E-state index contributed by atoms with van der Waals surface area (Å²) in [5.74, 6) is 0.0364. The lowest BCUT2D eigenvalue weighted by molar-refractivity contribution is -0.128. The number of carbonyl (C=O) groups excluding carboxylic acids is 1. The molecule has 2 rings (SSSR count). The van der Waals surface area contributed by atoms with E-state index in [1.807, 2.05) is 20.8 Å². The van der Waals surface area contributed by atoms with Crippen LogP contribution in [0.2, 0.25) is 0 Å². The Labute approximate surface area is 118 Å². The summed E-state index contributed by atoms with van der Waals surface area (Å²) in [6.45, 7) is 6.18. The van der Waals surface area contributed by atoms with E-state index >= 15 is 0 Å². The Balaban J connectivity index is 2.40. The maximum absolute atomic E-state index is 13.4. The van der Waals surface area contributed by atoms with Crippen LogP contribution in [0, 0.1) is 11.7 Å². The van der Waals surface area contributed by atoms with Crippen LogP contribution in [0.1, 0.15) is 27.2 Å². The molecule has 0 aromatic heterocycles. The molecule has 110 valence electrons. The van der Waals surface area contributed by atoms with Crippen molar-refractivity contribution < 1.29 is 13.9 Å². The standard InChI is InChI=1S/C15H21FN2O2/c1-4-11(17)8-18-12-7-10(16)5-6-13(12)20-14(9(2)3)15(18)19/h5-7,9,11,14H,4,8,17H2,1-3H3. The van der Waals surface area contributed by atoms with E-state index in [2.05, 4.69) is 0 Å². The van der Waals surface area contributed by atoms with Crippen LogP contribution < -0.4 is 15.4 Å². The third-order valence-corrected chi connectivity index (χ3v) is 3.52. The summed E-state index contributed by atoms with van der Waals surface area (Å²) in [6.07, 6.45) is 0.207. The first-order valence-electron chi connectivity index (χ1n) is 6.97. The van der Waals surface area contributed by atoms with Gasteiger partial charge in [-0.1, -0.05) is 20.8 Å². The van der Waals surface area contributed by atoms with E-state index < -0.39 is 11.9 Å². The van der Waals surface area contributed by atoms with Gasteiger partial charge in [0.05, 0.1) is 5.69 Å². The number of anilines is 1. The minimum atomic E-state index is -0.544. The molecule has 1 heterocycles. The van der Waals surface area contributed by atoms with Crippen molar-refractivity contribution in [1.82, 2.24) is 0 Å². The SMILES string of the molecule is CCC(N)CN1C(=O)C(C(C)C)Oc2ccc(F)cc21. The van der Waals surface area contributed by atoms with Gasteiger partial charge < -0.3 is 15.4 Å². The number of nitrogens with zero attached hydrogens (tertiary/aromatic N) is 1. The van der Waals surface area contributed by atoms with Gasteiger partial charge in [-0.3, -0.25) is 4.79 Å². The van der Waals surface area contributed by atoms with Gasteiger partial charge in [-0.25, -0.2) is 4.39 Å². The van der Waals surface area contributed by atoms with Crippen LogP contribution in [0.15, 0.2) is 18.2 Å². The highest BCUT2D eigenvalue weighted by atomic mass is 19.1. The van der Waals surface area contributed by atoms with E-state index in [0.29, 0.717) is 18.0 Å². The number of rotatable bonds is 4. The molecule has 2 N–H and O–H groups in total. The Bertz CT molecular complexity index is 505. The van der Waals surface area contributed by atoms with Gasteiger partial charge >= 0.3 is 0 Å². The summed E-state index contributed by atoms with van der Waals surface area (Å²) in [6, 6.07) is 4.09. The molecular formula is C15H21FN2O2. The van der Waals surface area contributed by atoms with E-state index in [1.54, 1.807) is 11.0 Å². The number of benzene rings is 1. The number of carbonyl (C=O) groups is 1. The second kappa shape index (κ2) is 5.79. The predicted octanol–water partition coefficient (Wildman–Crippen LogP) is 2.31. The average molecular weight is 280 g/mol. The van der Waals surface area contributed by atoms with Crippen molar-refractivity contribution in [2.45, 2.75) is 39.3 Å². The van der Waals surface area contributed by atoms with Crippen LogP contribution in [0.4, 0.5) is 10.1 Å². The molecule has 0 saturated heterocycles. The van der Waals surface area contributed by atoms with Gasteiger partial charge in [-0.2, -0.15) is 0 Å². The lowest BCUT2D eigenvalue weighted by Crippen LogP contribution is -2.51. The topological polar surface area (TPSA) is 55.6 Å². The van der Waals surface area contributed by atoms with E-state index in [9.17, 15) is 9.18 Å². The number of nitrogens with two attached hydrogens (primary N) is 1. The number of halogens is 1. The summed E-state index contributed by atoms with van der Waals surface area (Å²) < 4.78 is 19.2. The summed E-state index contributed by atoms with van der Waals surface area (Å²) >= 11 is 0. The van der Waals surface area contributed by atoms with Gasteiger partial charge in [-0.15, -0.1) is 0 Å². The molecule has 1 aliphatic heterocycles. The highest BCUT2D eigenvalue weighted by Gasteiger charge is 2.36. The molecule has 1 aromatic carbocycles. The molecule has 5 heteroatoms. The highest BCUT2D eigenvalue weighted by molar-refractivity contribution is 6.00. The fourth-order valence-electron chi connectivity index (χ4n) is 2.23. The largest absolute Gasteiger partial charge is 0.478 e. The molecule has 2 atom stereocenters. The van der Waals surface area contributed by atoms with Gasteiger partial charge in [0, 0.05) is 18.7 Å². The molecule has 0 spiro atoms. The molecule has 4 nitrogen and oxygen atoms in total. The number of amides is 1. The Hall–Kier alpha value is -1.62. The molecule has 0 radical (unpaired) electrons. The normalized spacial score (nSPS) is 19.8. The smallest absolute Gasteiger partial charge is 0.268 e. The van der Waals surface area contributed by atoms with Gasteiger partial charge in [-0.05, 0) is 24.5 Å². The van der Waals surface area contributed by atoms with E-state index in [1.165, 1.54) is 12.1 Å². The van der Waals surface area contributed by atoms with Crippen LogP contribution in [0.5, 0.6) is 5.75 Å². The number of hydrogen-bond acceptors (Lipinski definition) is 3. The molecule has 2 unspecified atom stereocenters. The van der Waals surface area contributed by atoms with Crippen LogP contribution in [0.25, 0.3) is 0 Å². The lowest BCUT2D eigenvalue weighted by Gasteiger charge is -2.37. The monoisotopic (exact) mass is 280 g/mol. The Morgan fingerprint density at radius 2 is 2.15 bits per heavy atom. The fourth-order valence-corrected chi connectivity index (χ4v) is 2.23. The van der Waals surface area contributed by atoms with Crippen molar-refractivity contribution in [3.8, 4) is 5.75 Å². The van der Waals surface area contributed by atoms with Crippen molar-refractivity contribution in [1.29, 1.82) is 0 Å². The Kier molecular flexibility index (Phi) is 4.28. The number of ether oxygens (including phenoxy) is 1. The van der Waals surface area contributed by atoms with E-state index in [-0.39, 0.29) is 17.9 Å². The Morgan fingerprint density at radius 3 is 2.75 bits per heavy atom. The van der Waals surface area contributed by atoms with Crippen LogP contribution >= 0.6 is 0 Å². The molecule has 0 saturated carbocycles. The van der Waals surface area contributed by atoms with Crippen molar-refractivity contribution in [3.63, 3.8) is 0 Å². The van der Waals surface area contributed by atoms with Crippen LogP contribution in [0.3, 0.4) is 0 Å². The molecule has 0 aliphatic carbocycles. The maximum atomic E-state index is 13.4. The summed E-state index contributed by atoms with van der Waals surface area (Å²) in [5.41, 5.74) is 6.42. The highest BCUT2D eigenvalue weighted by Crippen LogP contribution is 2.36. The zero-order valence-electron chi connectivity index (χ0n) is 12.1. The lowest BCUT2D eigenvalue weighted by atomic mass is 10.0. The zero-order chi connectivity index (χ0) is 14.9.